The largest absolute Gasteiger partial charge is 0.349 e. The fourth-order valence-corrected chi connectivity index (χ4v) is 1.97. The molecule has 17 heavy (non-hydrogen) atoms. The van der Waals surface area contributed by atoms with E-state index in [9.17, 15) is 9.18 Å². The number of rotatable bonds is 4. The third kappa shape index (κ3) is 3.84. The van der Waals surface area contributed by atoms with Crippen molar-refractivity contribution in [2.75, 3.05) is 0 Å². The zero-order valence-electron chi connectivity index (χ0n) is 10.8. The molecule has 0 fully saturated rings. The number of nitrogens with one attached hydrogen (secondary N) is 1. The third-order valence-corrected chi connectivity index (χ3v) is 2.82. The van der Waals surface area contributed by atoms with Gasteiger partial charge in [-0.3, -0.25) is 4.79 Å². The van der Waals surface area contributed by atoms with Crippen molar-refractivity contribution in [1.29, 1.82) is 0 Å². The van der Waals surface area contributed by atoms with E-state index < -0.39 is 0 Å². The fraction of sp³-hybridized carbons (Fsp3) is 0.500. The molecule has 0 bridgehead atoms. The molecular weight excluding hydrogens is 217 g/mol. The number of halogens is 1. The van der Waals surface area contributed by atoms with Crippen LogP contribution in [0.3, 0.4) is 0 Å². The summed E-state index contributed by atoms with van der Waals surface area (Å²) in [5, 5.41) is 2.95. The molecule has 0 saturated carbocycles. The van der Waals surface area contributed by atoms with Crippen molar-refractivity contribution in [3.8, 4) is 0 Å². The zero-order chi connectivity index (χ0) is 13.0. The topological polar surface area (TPSA) is 29.1 Å². The minimum absolute atomic E-state index is 0.103. The number of hydrogen-bond acceptors (Lipinski definition) is 1. The van der Waals surface area contributed by atoms with E-state index in [0.717, 1.165) is 0 Å². The lowest BCUT2D eigenvalue weighted by Gasteiger charge is -2.26. The summed E-state index contributed by atoms with van der Waals surface area (Å²) < 4.78 is 13.0. The molecule has 0 aliphatic heterocycles. The van der Waals surface area contributed by atoms with Crippen LogP contribution in [0.25, 0.3) is 0 Å². The summed E-state index contributed by atoms with van der Waals surface area (Å²) >= 11 is 0. The van der Waals surface area contributed by atoms with E-state index in [-0.39, 0.29) is 17.8 Å². The predicted molar refractivity (Wildman–Crippen MR) is 67.3 cm³/mol. The monoisotopic (exact) mass is 237 g/mol. The highest BCUT2D eigenvalue weighted by Gasteiger charge is 2.20. The van der Waals surface area contributed by atoms with Crippen LogP contribution in [-0.4, -0.2) is 11.9 Å². The van der Waals surface area contributed by atoms with E-state index in [4.69, 9.17) is 0 Å². The molecule has 0 heterocycles. The van der Waals surface area contributed by atoms with Gasteiger partial charge < -0.3 is 5.32 Å². The molecule has 1 aromatic carbocycles. The molecule has 1 amide bonds. The average Bonchev–Trinajstić information content (AvgIpc) is 2.24. The fourth-order valence-electron chi connectivity index (χ4n) is 1.97. The second-order valence-electron chi connectivity index (χ2n) is 5.00. The molecule has 0 spiro atoms. The van der Waals surface area contributed by atoms with Gasteiger partial charge in [0.15, 0.2) is 0 Å². The summed E-state index contributed by atoms with van der Waals surface area (Å²) in [5.74, 6) is 0.111. The summed E-state index contributed by atoms with van der Waals surface area (Å²) in [6, 6.07) is 5.86. The lowest BCUT2D eigenvalue weighted by atomic mass is 9.93. The summed E-state index contributed by atoms with van der Waals surface area (Å²) in [6.07, 6.45) is 0. The molecule has 0 aromatic heterocycles. The van der Waals surface area contributed by atoms with Crippen LogP contribution >= 0.6 is 0 Å². The molecule has 1 rings (SSSR count). The Labute approximate surface area is 102 Å². The van der Waals surface area contributed by atoms with Gasteiger partial charge >= 0.3 is 0 Å². The first-order valence-electron chi connectivity index (χ1n) is 5.98. The molecule has 1 aromatic rings. The minimum Gasteiger partial charge on any atom is -0.349 e. The van der Waals surface area contributed by atoms with Gasteiger partial charge in [-0.25, -0.2) is 4.39 Å². The number of benzene rings is 1. The van der Waals surface area contributed by atoms with Crippen LogP contribution in [0.1, 0.15) is 38.1 Å². The SMILES string of the molecule is CC(C)C(NC(=O)c1cccc(F)c1)C(C)C. The molecule has 0 atom stereocenters. The Morgan fingerprint density at radius 2 is 1.76 bits per heavy atom. The summed E-state index contributed by atoms with van der Waals surface area (Å²) in [4.78, 5) is 11.9. The molecule has 0 saturated heterocycles. The van der Waals surface area contributed by atoms with Gasteiger partial charge in [0, 0.05) is 11.6 Å². The van der Waals surface area contributed by atoms with E-state index in [1.165, 1.54) is 12.1 Å². The first-order chi connectivity index (χ1) is 7.91. The molecule has 0 radical (unpaired) electrons. The molecule has 0 aliphatic carbocycles. The number of carbonyl (C=O) groups is 1. The van der Waals surface area contributed by atoms with Crippen molar-refractivity contribution in [2.24, 2.45) is 11.8 Å². The van der Waals surface area contributed by atoms with Gasteiger partial charge in [-0.1, -0.05) is 33.8 Å². The van der Waals surface area contributed by atoms with Crippen molar-refractivity contribution in [2.45, 2.75) is 33.7 Å². The molecule has 3 heteroatoms. The van der Waals surface area contributed by atoms with Crippen LogP contribution in [0.2, 0.25) is 0 Å². The van der Waals surface area contributed by atoms with Crippen LogP contribution in [0.5, 0.6) is 0 Å². The molecule has 94 valence electrons. The Balaban J connectivity index is 2.77. The molecule has 0 unspecified atom stereocenters. The molecule has 0 aliphatic rings. The Morgan fingerprint density at radius 3 is 2.24 bits per heavy atom. The van der Waals surface area contributed by atoms with E-state index in [0.29, 0.717) is 17.4 Å². The lowest BCUT2D eigenvalue weighted by Crippen LogP contribution is -2.42. The summed E-state index contributed by atoms with van der Waals surface area (Å²) in [6.45, 7) is 8.26. The van der Waals surface area contributed by atoms with E-state index in [2.05, 4.69) is 33.0 Å². The lowest BCUT2D eigenvalue weighted by molar-refractivity contribution is 0.0910. The molecule has 1 N–H and O–H groups in total. The Morgan fingerprint density at radius 1 is 1.18 bits per heavy atom. The number of amides is 1. The van der Waals surface area contributed by atoms with E-state index in [1.54, 1.807) is 12.1 Å². The highest BCUT2D eigenvalue weighted by Crippen LogP contribution is 2.13. The van der Waals surface area contributed by atoms with Gasteiger partial charge in [-0.2, -0.15) is 0 Å². The maximum Gasteiger partial charge on any atom is 0.251 e. The van der Waals surface area contributed by atoms with Crippen LogP contribution < -0.4 is 5.32 Å². The van der Waals surface area contributed by atoms with Crippen molar-refractivity contribution < 1.29 is 9.18 Å². The Hall–Kier alpha value is -1.38. The van der Waals surface area contributed by atoms with Crippen molar-refractivity contribution in [3.05, 3.63) is 35.6 Å². The predicted octanol–water partition coefficient (Wildman–Crippen LogP) is 3.24. The second kappa shape index (κ2) is 5.80. The highest BCUT2D eigenvalue weighted by molar-refractivity contribution is 5.94. The molecule has 2 nitrogen and oxygen atoms in total. The van der Waals surface area contributed by atoms with Gasteiger partial charge in [0.05, 0.1) is 0 Å². The van der Waals surface area contributed by atoms with Gasteiger partial charge in [0.25, 0.3) is 5.91 Å². The van der Waals surface area contributed by atoms with E-state index >= 15 is 0 Å². The minimum atomic E-state index is -0.386. The van der Waals surface area contributed by atoms with Crippen LogP contribution in [0.4, 0.5) is 4.39 Å². The normalized spacial score (nSPS) is 11.3. The number of carbonyl (C=O) groups excluding carboxylic acids is 1. The maximum absolute atomic E-state index is 13.0. The van der Waals surface area contributed by atoms with Crippen LogP contribution in [0.15, 0.2) is 24.3 Å². The van der Waals surface area contributed by atoms with E-state index in [1.807, 2.05) is 0 Å². The molecular formula is C14H20FNO. The van der Waals surface area contributed by atoms with Gasteiger partial charge in [0.1, 0.15) is 5.82 Å². The van der Waals surface area contributed by atoms with Gasteiger partial charge in [-0.15, -0.1) is 0 Å². The maximum atomic E-state index is 13.0. The number of hydrogen-bond donors (Lipinski definition) is 1. The zero-order valence-corrected chi connectivity index (χ0v) is 10.8. The van der Waals surface area contributed by atoms with Crippen molar-refractivity contribution >= 4 is 5.91 Å². The highest BCUT2D eigenvalue weighted by atomic mass is 19.1. The standard InChI is InChI=1S/C14H20FNO/c1-9(2)13(10(3)4)16-14(17)11-6-5-7-12(15)8-11/h5-10,13H,1-4H3,(H,16,17). The first-order valence-corrected chi connectivity index (χ1v) is 5.98. The smallest absolute Gasteiger partial charge is 0.251 e. The quantitative estimate of drug-likeness (QED) is 0.855. The Bertz CT molecular complexity index is 380. The van der Waals surface area contributed by atoms with Gasteiger partial charge in [-0.05, 0) is 30.0 Å². The second-order valence-corrected chi connectivity index (χ2v) is 5.00. The summed E-state index contributed by atoms with van der Waals surface area (Å²) in [5.41, 5.74) is 0.372. The third-order valence-electron chi connectivity index (χ3n) is 2.82. The first kappa shape index (κ1) is 13.7. The van der Waals surface area contributed by atoms with Crippen molar-refractivity contribution in [1.82, 2.24) is 5.32 Å². The van der Waals surface area contributed by atoms with Crippen LogP contribution in [0, 0.1) is 17.7 Å². The Kier molecular flexibility index (Phi) is 4.67. The van der Waals surface area contributed by atoms with Crippen LogP contribution in [-0.2, 0) is 0 Å². The van der Waals surface area contributed by atoms with Gasteiger partial charge in [0.2, 0.25) is 0 Å². The van der Waals surface area contributed by atoms with Crippen molar-refractivity contribution in [3.63, 3.8) is 0 Å². The average molecular weight is 237 g/mol. The summed E-state index contributed by atoms with van der Waals surface area (Å²) in [7, 11) is 0.